The highest BCUT2D eigenvalue weighted by Crippen LogP contribution is 2.26. The summed E-state index contributed by atoms with van der Waals surface area (Å²) in [6.45, 7) is 1.74. The van der Waals surface area contributed by atoms with E-state index >= 15 is 0 Å². The van der Waals surface area contributed by atoms with Gasteiger partial charge >= 0.3 is 5.76 Å². The van der Waals surface area contributed by atoms with Crippen LogP contribution in [0.3, 0.4) is 0 Å². The molecule has 32 heavy (non-hydrogen) atoms. The number of aryl methyl sites for hydroxylation is 1. The minimum Gasteiger partial charge on any atom is -0.408 e. The average molecular weight is 470 g/mol. The minimum atomic E-state index is -0.598. The van der Waals surface area contributed by atoms with E-state index in [9.17, 15) is 14.4 Å². The number of rotatable bonds is 8. The van der Waals surface area contributed by atoms with E-state index in [1.54, 1.807) is 24.3 Å². The Balaban J connectivity index is 1.27. The fourth-order valence-electron chi connectivity index (χ4n) is 2.94. The summed E-state index contributed by atoms with van der Waals surface area (Å²) < 4.78 is 7.02. The second-order valence-corrected chi connectivity index (χ2v) is 9.12. The Morgan fingerprint density at radius 2 is 1.84 bits per heavy atom. The monoisotopic (exact) mass is 469 g/mol. The summed E-state index contributed by atoms with van der Waals surface area (Å²) >= 11 is 2.59. The topological polar surface area (TPSA) is 119 Å². The third kappa shape index (κ3) is 5.24. The molecule has 4 rings (SSSR count). The first-order valence-electron chi connectivity index (χ1n) is 9.69. The molecule has 164 valence electrons. The molecule has 0 saturated heterocycles. The number of para-hydroxylation sites is 3. The van der Waals surface area contributed by atoms with Gasteiger partial charge < -0.3 is 9.73 Å². The Morgan fingerprint density at radius 3 is 2.69 bits per heavy atom. The van der Waals surface area contributed by atoms with Crippen LogP contribution in [0, 0.1) is 6.92 Å². The molecular formula is C21H19N5O4S2. The largest absolute Gasteiger partial charge is 0.420 e. The first-order valence-corrected chi connectivity index (χ1v) is 11.5. The fraction of sp³-hybridized carbons (Fsp3) is 0.190. The molecule has 0 aliphatic rings. The number of oxazole rings is 1. The van der Waals surface area contributed by atoms with Crippen LogP contribution in [0.5, 0.6) is 0 Å². The molecule has 0 saturated carbocycles. The number of hydrogen-bond donors (Lipinski definition) is 2. The summed E-state index contributed by atoms with van der Waals surface area (Å²) in [7, 11) is 0. The highest BCUT2D eigenvalue weighted by atomic mass is 32.2. The van der Waals surface area contributed by atoms with Gasteiger partial charge in [-0.25, -0.2) is 4.79 Å². The lowest BCUT2D eigenvalue weighted by Gasteiger charge is -2.07. The number of carbonyl (C=O) groups is 2. The maximum Gasteiger partial charge on any atom is 0.420 e. The number of hydrogen-bond acceptors (Lipinski definition) is 8. The van der Waals surface area contributed by atoms with Crippen LogP contribution in [0.4, 0.5) is 10.8 Å². The standard InChI is InChI=1S/C21H19N5O4S2/c1-13-6-2-3-7-14(13)22-17(27)10-11-31-20-25-24-19(32-20)23-18(28)12-26-15-8-4-5-9-16(15)30-21(26)29/h2-9H,10-12H2,1H3,(H,22,27)(H,23,24,28). The van der Waals surface area contributed by atoms with E-state index < -0.39 is 11.7 Å². The molecule has 11 heteroatoms. The molecule has 2 heterocycles. The average Bonchev–Trinajstić information content (AvgIpc) is 3.33. The zero-order chi connectivity index (χ0) is 22.5. The van der Waals surface area contributed by atoms with Gasteiger partial charge in [-0.15, -0.1) is 10.2 Å². The lowest BCUT2D eigenvalue weighted by atomic mass is 10.2. The van der Waals surface area contributed by atoms with E-state index in [2.05, 4.69) is 20.8 Å². The van der Waals surface area contributed by atoms with Gasteiger partial charge in [-0.1, -0.05) is 53.4 Å². The predicted octanol–water partition coefficient (Wildman–Crippen LogP) is 3.51. The molecule has 2 N–H and O–H groups in total. The van der Waals surface area contributed by atoms with Gasteiger partial charge in [0.1, 0.15) is 6.54 Å². The summed E-state index contributed by atoms with van der Waals surface area (Å²) in [6, 6.07) is 14.5. The van der Waals surface area contributed by atoms with Crippen molar-refractivity contribution in [2.75, 3.05) is 16.4 Å². The molecule has 4 aromatic rings. The van der Waals surface area contributed by atoms with E-state index in [-0.39, 0.29) is 12.5 Å². The van der Waals surface area contributed by atoms with E-state index in [4.69, 9.17) is 4.42 Å². The Morgan fingerprint density at radius 1 is 1.06 bits per heavy atom. The minimum absolute atomic E-state index is 0.0809. The van der Waals surface area contributed by atoms with E-state index in [1.165, 1.54) is 27.7 Å². The molecule has 0 atom stereocenters. The first-order chi connectivity index (χ1) is 15.5. The van der Waals surface area contributed by atoms with Crippen molar-refractivity contribution in [1.29, 1.82) is 0 Å². The van der Waals surface area contributed by atoms with Crippen LogP contribution in [0.2, 0.25) is 0 Å². The normalized spacial score (nSPS) is 10.9. The highest BCUT2D eigenvalue weighted by Gasteiger charge is 2.14. The number of anilines is 2. The number of thioether (sulfide) groups is 1. The molecule has 0 fully saturated rings. The number of benzene rings is 2. The van der Waals surface area contributed by atoms with Crippen molar-refractivity contribution in [3.05, 3.63) is 64.6 Å². The number of carbonyl (C=O) groups excluding carboxylic acids is 2. The van der Waals surface area contributed by atoms with Crippen molar-refractivity contribution >= 4 is 56.8 Å². The van der Waals surface area contributed by atoms with Crippen molar-refractivity contribution in [3.8, 4) is 0 Å². The predicted molar refractivity (Wildman–Crippen MR) is 124 cm³/mol. The molecule has 2 amide bonds. The smallest absolute Gasteiger partial charge is 0.408 e. The van der Waals surface area contributed by atoms with E-state index in [0.717, 1.165) is 11.3 Å². The maximum absolute atomic E-state index is 12.4. The molecule has 0 bridgehead atoms. The number of nitrogens with one attached hydrogen (secondary N) is 2. The van der Waals surface area contributed by atoms with Crippen molar-refractivity contribution in [1.82, 2.24) is 14.8 Å². The Kier molecular flexibility index (Phi) is 6.66. The van der Waals surface area contributed by atoms with E-state index in [0.29, 0.717) is 32.7 Å². The van der Waals surface area contributed by atoms with Crippen molar-refractivity contribution in [3.63, 3.8) is 0 Å². The summed E-state index contributed by atoms with van der Waals surface area (Å²) in [5.41, 5.74) is 2.77. The van der Waals surface area contributed by atoms with E-state index in [1.807, 2.05) is 31.2 Å². The van der Waals surface area contributed by atoms with Crippen molar-refractivity contribution < 1.29 is 14.0 Å². The van der Waals surface area contributed by atoms with Gasteiger partial charge in [0.25, 0.3) is 0 Å². The SMILES string of the molecule is Cc1ccccc1NC(=O)CCSc1nnc(NC(=O)Cn2c(=O)oc3ccccc32)s1. The van der Waals surface area contributed by atoms with Crippen LogP contribution in [0.1, 0.15) is 12.0 Å². The zero-order valence-electron chi connectivity index (χ0n) is 17.0. The Hall–Kier alpha value is -3.44. The molecule has 0 aliphatic carbocycles. The summed E-state index contributed by atoms with van der Waals surface area (Å²) in [5.74, 6) is -0.568. The Bertz CT molecular complexity index is 1330. The zero-order valence-corrected chi connectivity index (χ0v) is 18.7. The second-order valence-electron chi connectivity index (χ2n) is 6.80. The highest BCUT2D eigenvalue weighted by molar-refractivity contribution is 8.01. The van der Waals surface area contributed by atoms with Crippen LogP contribution >= 0.6 is 23.1 Å². The fourth-order valence-corrected chi connectivity index (χ4v) is 4.72. The van der Waals surface area contributed by atoms with Gasteiger partial charge in [-0.3, -0.25) is 19.5 Å². The summed E-state index contributed by atoms with van der Waals surface area (Å²) in [5, 5.41) is 13.8. The first kappa shape index (κ1) is 21.8. The van der Waals surface area contributed by atoms with Crippen molar-refractivity contribution in [2.24, 2.45) is 0 Å². The number of fused-ring (bicyclic) bond motifs is 1. The molecule has 2 aromatic heterocycles. The Labute approximate surface area is 190 Å². The van der Waals surface area contributed by atoms with Crippen LogP contribution in [-0.2, 0) is 16.1 Å². The van der Waals surface area contributed by atoms with Crippen LogP contribution in [-0.4, -0.2) is 32.3 Å². The van der Waals surface area contributed by atoms with Gasteiger partial charge in [0.15, 0.2) is 9.92 Å². The second kappa shape index (κ2) is 9.79. The van der Waals surface area contributed by atoms with Crippen LogP contribution in [0.15, 0.2) is 62.1 Å². The molecule has 9 nitrogen and oxygen atoms in total. The number of aromatic nitrogens is 3. The third-order valence-corrected chi connectivity index (χ3v) is 6.48. The quantitative estimate of drug-likeness (QED) is 0.299. The lowest BCUT2D eigenvalue weighted by Crippen LogP contribution is -2.24. The molecule has 2 aromatic carbocycles. The number of amides is 2. The maximum atomic E-state index is 12.4. The molecule has 0 spiro atoms. The molecule has 0 unspecified atom stereocenters. The van der Waals surface area contributed by atoms with Crippen LogP contribution in [0.25, 0.3) is 11.1 Å². The van der Waals surface area contributed by atoms with Crippen molar-refractivity contribution in [2.45, 2.75) is 24.2 Å². The van der Waals surface area contributed by atoms with Crippen LogP contribution < -0.4 is 16.4 Å². The van der Waals surface area contributed by atoms with Gasteiger partial charge in [0.2, 0.25) is 16.9 Å². The molecule has 0 aliphatic heterocycles. The summed E-state index contributed by atoms with van der Waals surface area (Å²) in [4.78, 5) is 36.5. The van der Waals surface area contributed by atoms with Gasteiger partial charge in [0.05, 0.1) is 5.52 Å². The van der Waals surface area contributed by atoms with Gasteiger partial charge in [0, 0.05) is 17.9 Å². The number of nitrogens with zero attached hydrogens (tertiary/aromatic N) is 3. The summed E-state index contributed by atoms with van der Waals surface area (Å²) in [6.07, 6.45) is 0.316. The third-order valence-electron chi connectivity index (χ3n) is 4.50. The van der Waals surface area contributed by atoms with Gasteiger partial charge in [-0.2, -0.15) is 0 Å². The molecule has 0 radical (unpaired) electrons. The lowest BCUT2D eigenvalue weighted by molar-refractivity contribution is -0.117. The van der Waals surface area contributed by atoms with Gasteiger partial charge in [-0.05, 0) is 30.7 Å². The molecular weight excluding hydrogens is 450 g/mol.